The molecule has 0 spiro atoms. The van der Waals surface area contributed by atoms with Gasteiger partial charge in [0.25, 0.3) is 0 Å². The first-order valence-electron chi connectivity index (χ1n) is 10.2. The van der Waals surface area contributed by atoms with Gasteiger partial charge < -0.3 is 14.3 Å². The van der Waals surface area contributed by atoms with Crippen LogP contribution in [-0.2, 0) is 13.1 Å². The maximum absolute atomic E-state index is 10.7. The summed E-state index contributed by atoms with van der Waals surface area (Å²) in [5, 5.41) is 10.6. The molecule has 0 bridgehead atoms. The highest BCUT2D eigenvalue weighted by Crippen LogP contribution is 2.17. The lowest BCUT2D eigenvalue weighted by atomic mass is 10.0. The summed E-state index contributed by atoms with van der Waals surface area (Å²) in [6, 6.07) is 19.3. The fraction of sp³-hybridized carbons (Fsp3) is 0.320. The van der Waals surface area contributed by atoms with E-state index in [1.807, 2.05) is 12.1 Å². The summed E-state index contributed by atoms with van der Waals surface area (Å²) in [5.41, 5.74) is 3.09. The lowest BCUT2D eigenvalue weighted by molar-refractivity contribution is 0.0604. The molecule has 1 heterocycles. The zero-order valence-electron chi connectivity index (χ0n) is 17.5. The monoisotopic (exact) mass is 407 g/mol. The van der Waals surface area contributed by atoms with Crippen LogP contribution in [-0.4, -0.2) is 35.5 Å². The van der Waals surface area contributed by atoms with Crippen LogP contribution in [0, 0.1) is 0 Å². The van der Waals surface area contributed by atoms with Gasteiger partial charge in [0.15, 0.2) is 0 Å². The normalized spacial score (nSPS) is 12.3. The van der Waals surface area contributed by atoms with Crippen LogP contribution in [0.4, 0.5) is 0 Å². The Labute approximate surface area is 177 Å². The van der Waals surface area contributed by atoms with E-state index in [0.29, 0.717) is 36.9 Å². The second-order valence-electron chi connectivity index (χ2n) is 7.80. The van der Waals surface area contributed by atoms with Gasteiger partial charge in [-0.2, -0.15) is 0 Å². The molecule has 158 valence electrons. The van der Waals surface area contributed by atoms with Gasteiger partial charge in [-0.05, 0) is 53.4 Å². The number of nitrogens with zero attached hydrogens (tertiary/aromatic N) is 1. The molecule has 0 aliphatic carbocycles. The molecule has 3 rings (SSSR count). The Hall–Kier alpha value is -2.89. The molecule has 0 aliphatic heterocycles. The molecule has 0 saturated heterocycles. The lowest BCUT2D eigenvalue weighted by Gasteiger charge is -2.24. The van der Waals surface area contributed by atoms with E-state index < -0.39 is 6.10 Å². The van der Waals surface area contributed by atoms with Gasteiger partial charge in [0, 0.05) is 18.7 Å². The molecule has 0 saturated carbocycles. The smallest absolute Gasteiger partial charge is 0.150 e. The third kappa shape index (κ3) is 6.58. The number of aliphatic hydroxyl groups excluding tert-OH is 1. The molecule has 0 aliphatic rings. The van der Waals surface area contributed by atoms with Gasteiger partial charge in [0.05, 0.1) is 12.8 Å². The predicted molar refractivity (Wildman–Crippen MR) is 117 cm³/mol. The molecule has 1 unspecified atom stereocenters. The van der Waals surface area contributed by atoms with E-state index in [-0.39, 0.29) is 6.61 Å². The van der Waals surface area contributed by atoms with E-state index in [1.54, 1.807) is 30.5 Å². The Bertz CT molecular complexity index is 886. The Morgan fingerprint density at radius 1 is 1.03 bits per heavy atom. The first kappa shape index (κ1) is 21.8. The Morgan fingerprint density at radius 2 is 1.77 bits per heavy atom. The summed E-state index contributed by atoms with van der Waals surface area (Å²) in [5.74, 6) is 1.98. The SMILES string of the molecule is CC(C)c1ccc(CN(Cc2ccco2)CC(O)COc2ccc(C=O)cc2)cc1. The average Bonchev–Trinajstić information content (AvgIpc) is 3.26. The second kappa shape index (κ2) is 10.8. The van der Waals surface area contributed by atoms with Gasteiger partial charge in [0.1, 0.15) is 30.5 Å². The van der Waals surface area contributed by atoms with Gasteiger partial charge in [-0.3, -0.25) is 9.69 Å². The third-order valence-electron chi connectivity index (χ3n) is 4.94. The van der Waals surface area contributed by atoms with Crippen molar-refractivity contribution in [2.45, 2.75) is 39.0 Å². The number of benzene rings is 2. The van der Waals surface area contributed by atoms with E-state index in [9.17, 15) is 9.90 Å². The van der Waals surface area contributed by atoms with Gasteiger partial charge >= 0.3 is 0 Å². The molecule has 3 aromatic rings. The van der Waals surface area contributed by atoms with Crippen LogP contribution in [0.15, 0.2) is 71.3 Å². The standard InChI is InChI=1S/C25H29NO4/c1-19(2)22-9-5-20(6-10-22)14-26(16-25-4-3-13-29-25)15-23(28)18-30-24-11-7-21(17-27)8-12-24/h3-13,17,19,23,28H,14-16,18H2,1-2H3. The fourth-order valence-electron chi connectivity index (χ4n) is 3.26. The van der Waals surface area contributed by atoms with Crippen LogP contribution >= 0.6 is 0 Å². The van der Waals surface area contributed by atoms with Crippen LogP contribution < -0.4 is 4.74 Å². The third-order valence-corrected chi connectivity index (χ3v) is 4.94. The van der Waals surface area contributed by atoms with E-state index in [2.05, 4.69) is 43.0 Å². The van der Waals surface area contributed by atoms with Crippen molar-refractivity contribution in [1.29, 1.82) is 0 Å². The molecule has 1 N–H and O–H groups in total. The molecule has 30 heavy (non-hydrogen) atoms. The fourth-order valence-corrected chi connectivity index (χ4v) is 3.26. The Kier molecular flexibility index (Phi) is 7.82. The first-order valence-corrected chi connectivity index (χ1v) is 10.2. The Morgan fingerprint density at radius 3 is 2.37 bits per heavy atom. The minimum atomic E-state index is -0.666. The summed E-state index contributed by atoms with van der Waals surface area (Å²) in [6.45, 7) is 6.27. The van der Waals surface area contributed by atoms with E-state index in [0.717, 1.165) is 12.0 Å². The number of rotatable bonds is 11. The van der Waals surface area contributed by atoms with E-state index >= 15 is 0 Å². The van der Waals surface area contributed by atoms with Crippen molar-refractivity contribution in [2.24, 2.45) is 0 Å². The van der Waals surface area contributed by atoms with Crippen molar-refractivity contribution in [3.63, 3.8) is 0 Å². The van der Waals surface area contributed by atoms with Crippen LogP contribution in [0.1, 0.15) is 47.0 Å². The summed E-state index contributed by atoms with van der Waals surface area (Å²) in [7, 11) is 0. The first-order chi connectivity index (χ1) is 14.5. The van der Waals surface area contributed by atoms with Gasteiger partial charge in [0.2, 0.25) is 0 Å². The minimum Gasteiger partial charge on any atom is -0.491 e. The highest BCUT2D eigenvalue weighted by Gasteiger charge is 2.15. The summed E-state index contributed by atoms with van der Waals surface area (Å²) in [4.78, 5) is 12.9. The summed E-state index contributed by atoms with van der Waals surface area (Å²) in [6.07, 6.45) is 1.78. The maximum atomic E-state index is 10.7. The van der Waals surface area contributed by atoms with Crippen LogP contribution in [0.25, 0.3) is 0 Å². The largest absolute Gasteiger partial charge is 0.491 e. The summed E-state index contributed by atoms with van der Waals surface area (Å²) < 4.78 is 11.2. The van der Waals surface area contributed by atoms with Gasteiger partial charge in [-0.15, -0.1) is 0 Å². The van der Waals surface area contributed by atoms with Crippen LogP contribution in [0.2, 0.25) is 0 Å². The van der Waals surface area contributed by atoms with Crippen molar-refractivity contribution in [2.75, 3.05) is 13.2 Å². The van der Waals surface area contributed by atoms with E-state index in [4.69, 9.17) is 9.15 Å². The minimum absolute atomic E-state index is 0.168. The lowest BCUT2D eigenvalue weighted by Crippen LogP contribution is -2.35. The van der Waals surface area contributed by atoms with Crippen molar-refractivity contribution in [3.05, 3.63) is 89.4 Å². The summed E-state index contributed by atoms with van der Waals surface area (Å²) >= 11 is 0. The molecule has 2 aromatic carbocycles. The molecule has 5 nitrogen and oxygen atoms in total. The van der Waals surface area contributed by atoms with Crippen LogP contribution in [0.5, 0.6) is 5.75 Å². The molecule has 5 heteroatoms. The van der Waals surface area contributed by atoms with Crippen LogP contribution in [0.3, 0.4) is 0 Å². The number of carbonyl (C=O) groups is 1. The molecule has 1 aromatic heterocycles. The number of aldehydes is 1. The number of hydrogen-bond acceptors (Lipinski definition) is 5. The molecule has 0 amide bonds. The number of carbonyl (C=O) groups excluding carboxylic acids is 1. The quantitative estimate of drug-likeness (QED) is 0.469. The molecule has 0 fully saturated rings. The highest BCUT2D eigenvalue weighted by atomic mass is 16.5. The maximum Gasteiger partial charge on any atom is 0.150 e. The van der Waals surface area contributed by atoms with Gasteiger partial charge in [-0.25, -0.2) is 0 Å². The second-order valence-corrected chi connectivity index (χ2v) is 7.80. The van der Waals surface area contributed by atoms with Crippen molar-refractivity contribution in [3.8, 4) is 5.75 Å². The molecule has 1 atom stereocenters. The number of aliphatic hydroxyl groups is 1. The molecular formula is C25H29NO4. The van der Waals surface area contributed by atoms with Crippen molar-refractivity contribution < 1.29 is 19.1 Å². The van der Waals surface area contributed by atoms with Crippen molar-refractivity contribution in [1.82, 2.24) is 4.90 Å². The number of furan rings is 1. The Balaban J connectivity index is 1.60. The zero-order chi connectivity index (χ0) is 21.3. The molecular weight excluding hydrogens is 378 g/mol. The average molecular weight is 408 g/mol. The zero-order valence-corrected chi connectivity index (χ0v) is 17.5. The molecule has 0 radical (unpaired) electrons. The predicted octanol–water partition coefficient (Wildman–Crippen LogP) is 4.66. The number of hydrogen-bond donors (Lipinski definition) is 1. The highest BCUT2D eigenvalue weighted by molar-refractivity contribution is 5.74. The van der Waals surface area contributed by atoms with Gasteiger partial charge in [-0.1, -0.05) is 38.1 Å². The van der Waals surface area contributed by atoms with Crippen molar-refractivity contribution >= 4 is 6.29 Å². The topological polar surface area (TPSA) is 62.9 Å². The number of ether oxygens (including phenoxy) is 1. The van der Waals surface area contributed by atoms with E-state index in [1.165, 1.54) is 11.1 Å².